The van der Waals surface area contributed by atoms with Gasteiger partial charge < -0.3 is 24.1 Å². The fourth-order valence-corrected chi connectivity index (χ4v) is 2.87. The van der Waals surface area contributed by atoms with Gasteiger partial charge in [0.15, 0.2) is 6.61 Å². The summed E-state index contributed by atoms with van der Waals surface area (Å²) in [4.78, 5) is 24.4. The van der Waals surface area contributed by atoms with E-state index in [9.17, 15) is 20.0 Å². The molecule has 8 nitrogen and oxygen atoms in total. The van der Waals surface area contributed by atoms with Crippen molar-refractivity contribution in [3.05, 3.63) is 70.8 Å². The van der Waals surface area contributed by atoms with Crippen molar-refractivity contribution in [3.8, 4) is 11.8 Å². The second kappa shape index (κ2) is 8.35. The smallest absolute Gasteiger partial charge is 0.338 e. The maximum absolute atomic E-state index is 12.4. The number of nitrogens with one attached hydrogen (secondary N) is 1. The number of carbonyl (C=O) groups is 2. The van der Waals surface area contributed by atoms with Crippen molar-refractivity contribution >= 4 is 17.7 Å². The third kappa shape index (κ3) is 4.30. The minimum Gasteiger partial charge on any atom is -0.508 e. The van der Waals surface area contributed by atoms with Crippen LogP contribution >= 0.6 is 0 Å². The Morgan fingerprint density at radius 2 is 1.97 bits per heavy atom. The largest absolute Gasteiger partial charge is 0.508 e. The van der Waals surface area contributed by atoms with Crippen LogP contribution in [0.4, 0.5) is 5.82 Å². The van der Waals surface area contributed by atoms with Gasteiger partial charge in [-0.25, -0.2) is 4.79 Å². The van der Waals surface area contributed by atoms with Gasteiger partial charge in [0, 0.05) is 5.69 Å². The highest BCUT2D eigenvalue weighted by Gasteiger charge is 2.21. The van der Waals surface area contributed by atoms with Gasteiger partial charge in [-0.3, -0.25) is 4.79 Å². The Kier molecular flexibility index (Phi) is 5.69. The molecule has 3 rings (SSSR count). The van der Waals surface area contributed by atoms with Crippen LogP contribution in [-0.2, 0) is 16.1 Å². The molecule has 0 radical (unpaired) electrons. The Balaban J connectivity index is 1.74. The molecule has 148 valence electrons. The zero-order valence-corrected chi connectivity index (χ0v) is 15.9. The maximum Gasteiger partial charge on any atom is 0.338 e. The van der Waals surface area contributed by atoms with Gasteiger partial charge >= 0.3 is 5.97 Å². The molecule has 0 aliphatic carbocycles. The van der Waals surface area contributed by atoms with E-state index in [1.807, 2.05) is 6.92 Å². The summed E-state index contributed by atoms with van der Waals surface area (Å²) >= 11 is 0. The number of phenols is 1. The lowest BCUT2D eigenvalue weighted by atomic mass is 10.2. The van der Waals surface area contributed by atoms with Gasteiger partial charge in [0.1, 0.15) is 23.4 Å². The average Bonchev–Trinajstić information content (AvgIpc) is 3.30. The van der Waals surface area contributed by atoms with Crippen LogP contribution in [0.1, 0.15) is 32.9 Å². The van der Waals surface area contributed by atoms with Crippen LogP contribution in [0.3, 0.4) is 0 Å². The molecule has 2 aromatic heterocycles. The predicted molar refractivity (Wildman–Crippen MR) is 103 cm³/mol. The van der Waals surface area contributed by atoms with Crippen LogP contribution in [-0.4, -0.2) is 28.2 Å². The highest BCUT2D eigenvalue weighted by molar-refractivity contribution is 5.96. The maximum atomic E-state index is 12.4. The summed E-state index contributed by atoms with van der Waals surface area (Å²) in [5.41, 5.74) is 2.11. The molecule has 0 saturated carbocycles. The molecule has 0 saturated heterocycles. The summed E-state index contributed by atoms with van der Waals surface area (Å²) in [6.45, 7) is 3.46. The molecule has 0 aliphatic rings. The molecule has 2 N–H and O–H groups in total. The molecule has 29 heavy (non-hydrogen) atoms. The molecule has 0 aliphatic heterocycles. The Bertz CT molecular complexity index is 1070. The Hall–Kier alpha value is -3.99. The predicted octanol–water partition coefficient (Wildman–Crippen LogP) is 3.12. The first-order valence-electron chi connectivity index (χ1n) is 8.79. The van der Waals surface area contributed by atoms with Crippen molar-refractivity contribution in [3.63, 3.8) is 0 Å². The quantitative estimate of drug-likeness (QED) is 0.621. The first kappa shape index (κ1) is 19.8. The van der Waals surface area contributed by atoms with Crippen molar-refractivity contribution in [2.24, 2.45) is 0 Å². The number of furan rings is 1. The highest BCUT2D eigenvalue weighted by Crippen LogP contribution is 2.27. The minimum absolute atomic E-state index is 0.0198. The van der Waals surface area contributed by atoms with Gasteiger partial charge in [0.2, 0.25) is 0 Å². The highest BCUT2D eigenvalue weighted by atomic mass is 16.5. The van der Waals surface area contributed by atoms with Crippen LogP contribution in [0.25, 0.3) is 0 Å². The fourth-order valence-electron chi connectivity index (χ4n) is 2.87. The fraction of sp³-hybridized carbons (Fsp3) is 0.190. The van der Waals surface area contributed by atoms with Gasteiger partial charge in [0.05, 0.1) is 23.9 Å². The van der Waals surface area contributed by atoms with Crippen LogP contribution in [0.15, 0.2) is 47.1 Å². The molecule has 1 amide bonds. The van der Waals surface area contributed by atoms with Gasteiger partial charge in [-0.2, -0.15) is 5.26 Å². The van der Waals surface area contributed by atoms with E-state index in [0.29, 0.717) is 23.7 Å². The summed E-state index contributed by atoms with van der Waals surface area (Å²) in [5, 5.41) is 21.4. The zero-order valence-electron chi connectivity index (χ0n) is 15.9. The van der Waals surface area contributed by atoms with Crippen molar-refractivity contribution < 1.29 is 23.8 Å². The number of phenolic OH excluding ortho intramolecular Hbond substituents is 1. The standard InChI is InChI=1S/C21H19N3O5/c1-13-14(2)24(11-17-4-3-9-28-17)20(18(13)10-22)23-19(26)12-29-21(27)15-5-7-16(25)8-6-15/h3-9,25H,11-12H2,1-2H3,(H,23,26). The van der Waals surface area contributed by atoms with E-state index >= 15 is 0 Å². The molecule has 2 heterocycles. The molecule has 1 aromatic carbocycles. The number of anilines is 1. The number of aromatic nitrogens is 1. The molecule has 0 unspecified atom stereocenters. The molecule has 8 heteroatoms. The lowest BCUT2D eigenvalue weighted by molar-refractivity contribution is -0.119. The van der Waals surface area contributed by atoms with Crippen molar-refractivity contribution in [1.82, 2.24) is 4.57 Å². The number of carbonyl (C=O) groups excluding carboxylic acids is 2. The van der Waals surface area contributed by atoms with E-state index in [1.165, 1.54) is 24.3 Å². The first-order chi connectivity index (χ1) is 13.9. The summed E-state index contributed by atoms with van der Waals surface area (Å²) in [7, 11) is 0. The second-order valence-corrected chi connectivity index (χ2v) is 6.38. The number of amides is 1. The monoisotopic (exact) mass is 393 g/mol. The van der Waals surface area contributed by atoms with E-state index in [1.54, 1.807) is 29.9 Å². The SMILES string of the molecule is Cc1c(C#N)c(NC(=O)COC(=O)c2ccc(O)cc2)n(Cc2ccco2)c1C. The van der Waals surface area contributed by atoms with Gasteiger partial charge in [-0.05, 0) is 55.8 Å². The van der Waals surface area contributed by atoms with Crippen LogP contribution in [0.5, 0.6) is 5.75 Å². The van der Waals surface area contributed by atoms with Crippen LogP contribution in [0.2, 0.25) is 0 Å². The number of hydrogen-bond donors (Lipinski definition) is 2. The summed E-state index contributed by atoms with van der Waals surface area (Å²) < 4.78 is 12.2. The number of ether oxygens (including phenoxy) is 1. The topological polar surface area (TPSA) is 117 Å². The Labute approximate surface area is 166 Å². The Morgan fingerprint density at radius 1 is 1.24 bits per heavy atom. The molecule has 0 bridgehead atoms. The van der Waals surface area contributed by atoms with E-state index in [-0.39, 0.29) is 11.3 Å². The molecule has 3 aromatic rings. The number of hydrogen-bond acceptors (Lipinski definition) is 6. The summed E-state index contributed by atoms with van der Waals surface area (Å²) in [6, 6.07) is 11.2. The molecule has 0 fully saturated rings. The number of esters is 1. The third-order valence-corrected chi connectivity index (χ3v) is 4.53. The van der Waals surface area contributed by atoms with Gasteiger partial charge in [0.25, 0.3) is 5.91 Å². The third-order valence-electron chi connectivity index (χ3n) is 4.53. The van der Waals surface area contributed by atoms with Crippen molar-refractivity contribution in [1.29, 1.82) is 5.26 Å². The minimum atomic E-state index is -0.695. The average molecular weight is 393 g/mol. The molecule has 0 spiro atoms. The molecule has 0 atom stereocenters. The van der Waals surface area contributed by atoms with Crippen LogP contribution in [0, 0.1) is 25.2 Å². The number of aromatic hydroxyl groups is 1. The van der Waals surface area contributed by atoms with Crippen LogP contribution < -0.4 is 5.32 Å². The normalized spacial score (nSPS) is 10.4. The van der Waals surface area contributed by atoms with E-state index in [4.69, 9.17) is 9.15 Å². The van der Waals surface area contributed by atoms with Crippen molar-refractivity contribution in [2.75, 3.05) is 11.9 Å². The lowest BCUT2D eigenvalue weighted by Gasteiger charge is -2.12. The number of nitriles is 1. The number of nitrogens with zero attached hydrogens (tertiary/aromatic N) is 2. The molecular formula is C21H19N3O5. The summed E-state index contributed by atoms with van der Waals surface area (Å²) in [6.07, 6.45) is 1.55. The zero-order chi connectivity index (χ0) is 21.0. The van der Waals surface area contributed by atoms with Gasteiger partial charge in [-0.1, -0.05) is 0 Å². The van der Waals surface area contributed by atoms with E-state index in [0.717, 1.165) is 11.3 Å². The summed E-state index contributed by atoms with van der Waals surface area (Å²) in [5.74, 6) is -0.261. The van der Waals surface area contributed by atoms with Crippen molar-refractivity contribution in [2.45, 2.75) is 20.4 Å². The number of benzene rings is 1. The lowest BCUT2D eigenvalue weighted by Crippen LogP contribution is -2.23. The first-order valence-corrected chi connectivity index (χ1v) is 8.79. The second-order valence-electron chi connectivity index (χ2n) is 6.38. The van der Waals surface area contributed by atoms with Gasteiger partial charge in [-0.15, -0.1) is 0 Å². The van der Waals surface area contributed by atoms with E-state index in [2.05, 4.69) is 11.4 Å². The van der Waals surface area contributed by atoms with E-state index < -0.39 is 18.5 Å². The molecular weight excluding hydrogens is 374 g/mol. The number of rotatable bonds is 6. The Morgan fingerprint density at radius 3 is 2.59 bits per heavy atom.